The lowest BCUT2D eigenvalue weighted by Gasteiger charge is -2.05. The fourth-order valence-electron chi connectivity index (χ4n) is 3.02. The molecule has 0 bridgehead atoms. The van der Waals surface area contributed by atoms with Crippen LogP contribution in [0.25, 0.3) is 11.3 Å². The molecule has 1 N–H and O–H groups in total. The van der Waals surface area contributed by atoms with Crippen molar-refractivity contribution >= 4 is 34.1 Å². The number of thioether (sulfide) groups is 1. The van der Waals surface area contributed by atoms with Gasteiger partial charge in [0, 0.05) is 24.4 Å². The predicted octanol–water partition coefficient (Wildman–Crippen LogP) is 4.58. The highest BCUT2D eigenvalue weighted by atomic mass is 32.2. The first-order chi connectivity index (χ1) is 15.5. The topological polar surface area (TPSA) is 81.9 Å². The molecule has 0 atom stereocenters. The number of methoxy groups -OCH3 is 1. The number of thiazole rings is 1. The summed E-state index contributed by atoms with van der Waals surface area (Å²) in [6, 6.07) is 16.0. The van der Waals surface area contributed by atoms with Crippen LogP contribution in [0.15, 0.2) is 59.1 Å². The minimum Gasteiger partial charge on any atom is -0.497 e. The Labute approximate surface area is 194 Å². The van der Waals surface area contributed by atoms with Crippen LogP contribution in [0.4, 0.5) is 5.13 Å². The van der Waals surface area contributed by atoms with Crippen molar-refractivity contribution in [2.45, 2.75) is 18.5 Å². The molecule has 32 heavy (non-hydrogen) atoms. The SMILES string of the molecule is COc1ccc(Cc2nnc(SCC(=O)Nc3nc(-c4ccc(C)cc4)cs3)n2C)cc1. The molecule has 4 rings (SSSR count). The number of hydrogen-bond donors (Lipinski definition) is 1. The van der Waals surface area contributed by atoms with Gasteiger partial charge in [-0.2, -0.15) is 0 Å². The van der Waals surface area contributed by atoms with Crippen molar-refractivity contribution in [2.75, 3.05) is 18.2 Å². The smallest absolute Gasteiger partial charge is 0.236 e. The minimum atomic E-state index is -0.125. The van der Waals surface area contributed by atoms with Gasteiger partial charge in [-0.05, 0) is 24.6 Å². The molecule has 0 saturated heterocycles. The van der Waals surface area contributed by atoms with Gasteiger partial charge in [0.2, 0.25) is 5.91 Å². The van der Waals surface area contributed by atoms with Gasteiger partial charge >= 0.3 is 0 Å². The summed E-state index contributed by atoms with van der Waals surface area (Å²) in [5.74, 6) is 1.76. The van der Waals surface area contributed by atoms with Gasteiger partial charge in [0.05, 0.1) is 18.6 Å². The summed E-state index contributed by atoms with van der Waals surface area (Å²) in [6.07, 6.45) is 0.654. The van der Waals surface area contributed by atoms with Crippen molar-refractivity contribution in [3.63, 3.8) is 0 Å². The van der Waals surface area contributed by atoms with E-state index in [1.54, 1.807) is 7.11 Å². The summed E-state index contributed by atoms with van der Waals surface area (Å²) in [5, 5.41) is 14.6. The molecule has 1 amide bonds. The number of amides is 1. The molecule has 0 spiro atoms. The van der Waals surface area contributed by atoms with Crippen molar-refractivity contribution in [1.29, 1.82) is 0 Å². The molecule has 0 saturated carbocycles. The van der Waals surface area contributed by atoms with Crippen LogP contribution in [-0.4, -0.2) is 38.5 Å². The second kappa shape index (κ2) is 9.97. The van der Waals surface area contributed by atoms with Crippen LogP contribution < -0.4 is 10.1 Å². The Balaban J connectivity index is 1.32. The molecular weight excluding hydrogens is 442 g/mol. The van der Waals surface area contributed by atoms with Crippen molar-refractivity contribution in [3.05, 3.63) is 70.9 Å². The number of hydrogen-bond acceptors (Lipinski definition) is 7. The number of nitrogens with one attached hydrogen (secondary N) is 1. The maximum atomic E-state index is 12.4. The van der Waals surface area contributed by atoms with Crippen molar-refractivity contribution < 1.29 is 9.53 Å². The highest BCUT2D eigenvalue weighted by Crippen LogP contribution is 2.25. The second-order valence-corrected chi connectivity index (χ2v) is 9.02. The van der Waals surface area contributed by atoms with Crippen LogP contribution in [0.2, 0.25) is 0 Å². The number of aromatic nitrogens is 4. The minimum absolute atomic E-state index is 0.125. The van der Waals surface area contributed by atoms with Gasteiger partial charge in [0.25, 0.3) is 0 Å². The van der Waals surface area contributed by atoms with E-state index in [1.165, 1.54) is 28.7 Å². The highest BCUT2D eigenvalue weighted by molar-refractivity contribution is 7.99. The summed E-state index contributed by atoms with van der Waals surface area (Å²) in [6.45, 7) is 2.05. The van der Waals surface area contributed by atoms with E-state index in [9.17, 15) is 4.79 Å². The van der Waals surface area contributed by atoms with E-state index in [2.05, 4.69) is 20.5 Å². The third-order valence-electron chi connectivity index (χ3n) is 4.88. The van der Waals surface area contributed by atoms with Crippen LogP contribution in [0, 0.1) is 6.92 Å². The van der Waals surface area contributed by atoms with Crippen LogP contribution in [0.5, 0.6) is 5.75 Å². The molecule has 2 aromatic carbocycles. The molecule has 4 aromatic rings. The normalized spacial score (nSPS) is 10.8. The fraction of sp³-hybridized carbons (Fsp3) is 0.217. The monoisotopic (exact) mass is 465 g/mol. The van der Waals surface area contributed by atoms with Crippen LogP contribution >= 0.6 is 23.1 Å². The van der Waals surface area contributed by atoms with E-state index in [1.807, 2.05) is 72.4 Å². The van der Waals surface area contributed by atoms with Crippen molar-refractivity contribution in [1.82, 2.24) is 19.7 Å². The third-order valence-corrected chi connectivity index (χ3v) is 6.65. The van der Waals surface area contributed by atoms with E-state index in [0.717, 1.165) is 28.4 Å². The molecule has 0 aliphatic carbocycles. The Kier molecular flexibility index (Phi) is 6.87. The average Bonchev–Trinajstić information content (AvgIpc) is 3.40. The maximum Gasteiger partial charge on any atom is 0.236 e. The summed E-state index contributed by atoms with van der Waals surface area (Å²) in [7, 11) is 3.56. The van der Waals surface area contributed by atoms with Crippen LogP contribution in [0.3, 0.4) is 0 Å². The summed E-state index contributed by atoms with van der Waals surface area (Å²) >= 11 is 2.77. The number of carbonyl (C=O) groups is 1. The first-order valence-electron chi connectivity index (χ1n) is 9.98. The van der Waals surface area contributed by atoms with E-state index in [0.29, 0.717) is 16.7 Å². The Hall–Kier alpha value is -3.17. The second-order valence-electron chi connectivity index (χ2n) is 7.22. The third kappa shape index (κ3) is 5.35. The molecule has 0 aliphatic rings. The van der Waals surface area contributed by atoms with Gasteiger partial charge in [-0.3, -0.25) is 4.79 Å². The van der Waals surface area contributed by atoms with Crippen LogP contribution in [0.1, 0.15) is 17.0 Å². The lowest BCUT2D eigenvalue weighted by Crippen LogP contribution is -2.14. The van der Waals surface area contributed by atoms with Gasteiger partial charge in [-0.15, -0.1) is 21.5 Å². The van der Waals surface area contributed by atoms with Gasteiger partial charge in [-0.1, -0.05) is 53.7 Å². The van der Waals surface area contributed by atoms with Crippen molar-refractivity contribution in [3.8, 4) is 17.0 Å². The van der Waals surface area contributed by atoms with E-state index < -0.39 is 0 Å². The quantitative estimate of drug-likeness (QED) is 0.384. The zero-order valence-corrected chi connectivity index (χ0v) is 19.7. The zero-order valence-electron chi connectivity index (χ0n) is 18.0. The molecule has 7 nitrogen and oxygen atoms in total. The standard InChI is InChI=1S/C23H23N5O2S2/c1-15-4-8-17(9-5-15)19-13-31-22(24-19)25-21(29)14-32-23-27-26-20(28(23)2)12-16-6-10-18(30-3)11-7-16/h4-11,13H,12,14H2,1-3H3,(H,24,25,29). The Morgan fingerprint density at radius 2 is 1.88 bits per heavy atom. The van der Waals surface area contributed by atoms with Gasteiger partial charge in [0.15, 0.2) is 10.3 Å². The molecular formula is C23H23N5O2S2. The average molecular weight is 466 g/mol. The van der Waals surface area contributed by atoms with E-state index >= 15 is 0 Å². The molecule has 2 heterocycles. The Bertz CT molecular complexity index is 1200. The number of nitrogens with zero attached hydrogens (tertiary/aromatic N) is 4. The molecule has 0 fully saturated rings. The Morgan fingerprint density at radius 3 is 2.59 bits per heavy atom. The molecule has 2 aromatic heterocycles. The fourth-order valence-corrected chi connectivity index (χ4v) is 4.49. The Morgan fingerprint density at radius 1 is 1.12 bits per heavy atom. The first kappa shape index (κ1) is 22.0. The van der Waals surface area contributed by atoms with Gasteiger partial charge in [-0.25, -0.2) is 4.98 Å². The van der Waals surface area contributed by atoms with Gasteiger partial charge in [0.1, 0.15) is 11.6 Å². The number of anilines is 1. The molecule has 0 unspecified atom stereocenters. The first-order valence-corrected chi connectivity index (χ1v) is 11.8. The molecule has 0 aliphatic heterocycles. The number of rotatable bonds is 8. The zero-order chi connectivity index (χ0) is 22.5. The molecule has 0 radical (unpaired) electrons. The largest absolute Gasteiger partial charge is 0.497 e. The molecule has 164 valence electrons. The number of ether oxygens (including phenoxy) is 1. The number of aryl methyl sites for hydroxylation is 1. The molecule has 9 heteroatoms. The number of carbonyl (C=O) groups excluding carboxylic acids is 1. The number of benzene rings is 2. The van der Waals surface area contributed by atoms with E-state index in [4.69, 9.17) is 4.74 Å². The van der Waals surface area contributed by atoms with Crippen molar-refractivity contribution in [2.24, 2.45) is 7.05 Å². The maximum absolute atomic E-state index is 12.4. The summed E-state index contributed by atoms with van der Waals surface area (Å²) in [4.78, 5) is 16.9. The predicted molar refractivity (Wildman–Crippen MR) is 128 cm³/mol. The van der Waals surface area contributed by atoms with Gasteiger partial charge < -0.3 is 14.6 Å². The summed E-state index contributed by atoms with van der Waals surface area (Å²) < 4.78 is 7.11. The van der Waals surface area contributed by atoms with Crippen LogP contribution in [-0.2, 0) is 18.3 Å². The summed E-state index contributed by atoms with van der Waals surface area (Å²) in [5.41, 5.74) is 4.20. The highest BCUT2D eigenvalue weighted by Gasteiger charge is 2.13. The van der Waals surface area contributed by atoms with E-state index in [-0.39, 0.29) is 11.7 Å². The lowest BCUT2D eigenvalue weighted by atomic mass is 10.1. The lowest BCUT2D eigenvalue weighted by molar-refractivity contribution is -0.113.